The van der Waals surface area contributed by atoms with Gasteiger partial charge in [-0.2, -0.15) is 13.2 Å². The average molecular weight is 306 g/mol. The van der Waals surface area contributed by atoms with Gasteiger partial charge in [0.1, 0.15) is 0 Å². The fourth-order valence-corrected chi connectivity index (χ4v) is 3.28. The van der Waals surface area contributed by atoms with Crippen molar-refractivity contribution in [3.8, 4) is 0 Å². The molecule has 1 aromatic heterocycles. The second kappa shape index (κ2) is 5.73. The molecule has 7 heteroatoms. The van der Waals surface area contributed by atoms with E-state index in [-0.39, 0.29) is 25.6 Å². The largest absolute Gasteiger partial charge is 0.404 e. The molecule has 0 bridgehead atoms. The fraction of sp³-hybridized carbons (Fsp3) is 0.615. The van der Waals surface area contributed by atoms with E-state index < -0.39 is 17.5 Å². The fourth-order valence-electron chi connectivity index (χ4n) is 2.42. The molecule has 0 radical (unpaired) electrons. The van der Waals surface area contributed by atoms with Gasteiger partial charge >= 0.3 is 6.18 Å². The Morgan fingerprint density at radius 2 is 2.35 bits per heavy atom. The first kappa shape index (κ1) is 15.3. The Morgan fingerprint density at radius 1 is 1.60 bits per heavy atom. The molecule has 0 saturated carbocycles. The second-order valence-electron chi connectivity index (χ2n) is 4.96. The Labute approximate surface area is 119 Å². The van der Waals surface area contributed by atoms with Gasteiger partial charge in [-0.05, 0) is 30.8 Å². The number of thiophene rings is 1. The first-order valence-corrected chi connectivity index (χ1v) is 7.40. The molecule has 1 aliphatic rings. The first-order chi connectivity index (χ1) is 9.40. The number of carbonyl (C=O) groups is 1. The van der Waals surface area contributed by atoms with Gasteiger partial charge in [-0.3, -0.25) is 4.79 Å². The summed E-state index contributed by atoms with van der Waals surface area (Å²) in [4.78, 5) is 13.1. The quantitative estimate of drug-likeness (QED) is 0.898. The number of nitrogens with one attached hydrogen (secondary N) is 2. The van der Waals surface area contributed by atoms with Gasteiger partial charge in [0, 0.05) is 11.4 Å². The Balaban J connectivity index is 2.17. The van der Waals surface area contributed by atoms with Crippen LogP contribution in [-0.2, 0) is 4.79 Å². The summed E-state index contributed by atoms with van der Waals surface area (Å²) in [6.45, 7) is 1.71. The number of hydrogen-bond acceptors (Lipinski definition) is 3. The second-order valence-corrected chi connectivity index (χ2v) is 5.94. The lowest BCUT2D eigenvalue weighted by Crippen LogP contribution is -2.52. The molecule has 1 aliphatic heterocycles. The monoisotopic (exact) mass is 306 g/mol. The topological polar surface area (TPSA) is 41.1 Å². The van der Waals surface area contributed by atoms with Crippen LogP contribution in [0.1, 0.15) is 30.7 Å². The van der Waals surface area contributed by atoms with Crippen molar-refractivity contribution in [2.45, 2.75) is 32.0 Å². The highest BCUT2D eigenvalue weighted by Crippen LogP contribution is 2.43. The van der Waals surface area contributed by atoms with E-state index in [9.17, 15) is 18.0 Å². The number of amides is 1. The Hall–Kier alpha value is -1.08. The van der Waals surface area contributed by atoms with Crippen molar-refractivity contribution in [3.63, 3.8) is 0 Å². The van der Waals surface area contributed by atoms with Crippen LogP contribution in [0.4, 0.5) is 13.2 Å². The number of alkyl halides is 3. The minimum atomic E-state index is -4.53. The molecule has 2 N–H and O–H groups in total. The Kier molecular flexibility index (Phi) is 4.39. The van der Waals surface area contributed by atoms with E-state index in [1.165, 1.54) is 11.3 Å². The van der Waals surface area contributed by atoms with Gasteiger partial charge in [0.25, 0.3) is 0 Å². The molecule has 2 rings (SSSR count). The zero-order valence-electron chi connectivity index (χ0n) is 11.1. The van der Waals surface area contributed by atoms with Gasteiger partial charge in [-0.15, -0.1) is 11.3 Å². The van der Waals surface area contributed by atoms with Crippen LogP contribution in [0.2, 0.25) is 0 Å². The smallest absolute Gasteiger partial charge is 0.348 e. The molecular formula is C13H17F3N2OS. The van der Waals surface area contributed by atoms with E-state index in [1.54, 1.807) is 0 Å². The lowest BCUT2D eigenvalue weighted by atomic mass is 9.85. The maximum absolute atomic E-state index is 13.3. The molecule has 0 aliphatic carbocycles. The van der Waals surface area contributed by atoms with Gasteiger partial charge < -0.3 is 10.6 Å². The predicted octanol–water partition coefficient (Wildman–Crippen LogP) is 2.86. The Bertz CT molecular complexity index is 453. The van der Waals surface area contributed by atoms with Gasteiger partial charge in [0.05, 0.1) is 6.04 Å². The summed E-state index contributed by atoms with van der Waals surface area (Å²) >= 11 is 1.43. The molecule has 0 aromatic carbocycles. The summed E-state index contributed by atoms with van der Waals surface area (Å²) in [6.07, 6.45) is -4.18. The first-order valence-electron chi connectivity index (χ1n) is 6.52. The minimum Gasteiger partial charge on any atom is -0.348 e. The maximum atomic E-state index is 13.3. The summed E-state index contributed by atoms with van der Waals surface area (Å²) < 4.78 is 39.8. The van der Waals surface area contributed by atoms with Crippen LogP contribution in [0.25, 0.3) is 0 Å². The standard InChI is InChI=1S/C13H17F3N2OS/c1-2-9(10-4-3-7-20-10)18-11(19)12(13(14,15)16)5-6-17-8-12/h3-4,7,9,17H,2,5-6,8H2,1H3,(H,18,19). The van der Waals surface area contributed by atoms with Crippen molar-refractivity contribution in [2.24, 2.45) is 5.41 Å². The van der Waals surface area contributed by atoms with Crippen LogP contribution >= 0.6 is 11.3 Å². The minimum absolute atomic E-state index is 0.205. The van der Waals surface area contributed by atoms with E-state index in [0.29, 0.717) is 6.42 Å². The van der Waals surface area contributed by atoms with Crippen molar-refractivity contribution in [1.82, 2.24) is 10.6 Å². The van der Waals surface area contributed by atoms with Crippen molar-refractivity contribution >= 4 is 17.2 Å². The molecular weight excluding hydrogens is 289 g/mol. The molecule has 2 atom stereocenters. The molecule has 1 saturated heterocycles. The molecule has 112 valence electrons. The van der Waals surface area contributed by atoms with E-state index in [4.69, 9.17) is 0 Å². The number of carbonyl (C=O) groups excluding carboxylic acids is 1. The summed E-state index contributed by atoms with van der Waals surface area (Å²) in [7, 11) is 0. The molecule has 20 heavy (non-hydrogen) atoms. The number of rotatable bonds is 4. The highest BCUT2D eigenvalue weighted by Gasteiger charge is 2.61. The summed E-state index contributed by atoms with van der Waals surface area (Å²) in [5.74, 6) is -0.921. The van der Waals surface area contributed by atoms with Gasteiger partial charge in [0.2, 0.25) is 5.91 Å². The van der Waals surface area contributed by atoms with Crippen LogP contribution in [-0.4, -0.2) is 25.2 Å². The zero-order valence-corrected chi connectivity index (χ0v) is 11.9. The van der Waals surface area contributed by atoms with Crippen molar-refractivity contribution in [2.75, 3.05) is 13.1 Å². The van der Waals surface area contributed by atoms with Gasteiger partial charge in [0.15, 0.2) is 5.41 Å². The van der Waals surface area contributed by atoms with Crippen LogP contribution in [0.15, 0.2) is 17.5 Å². The van der Waals surface area contributed by atoms with Crippen LogP contribution in [0.5, 0.6) is 0 Å². The average Bonchev–Trinajstić information content (AvgIpc) is 3.05. The zero-order chi connectivity index (χ0) is 14.8. The molecule has 1 fully saturated rings. The molecule has 0 spiro atoms. The molecule has 3 nitrogen and oxygen atoms in total. The SMILES string of the molecule is CCC(NC(=O)C1(C(F)(F)F)CCNC1)c1cccs1. The molecule has 1 aromatic rings. The summed E-state index contributed by atoms with van der Waals surface area (Å²) in [6, 6.07) is 3.29. The Morgan fingerprint density at radius 3 is 2.80 bits per heavy atom. The van der Waals surface area contributed by atoms with E-state index in [1.807, 2.05) is 24.4 Å². The molecule has 1 amide bonds. The van der Waals surface area contributed by atoms with Crippen molar-refractivity contribution in [3.05, 3.63) is 22.4 Å². The third kappa shape index (κ3) is 2.69. The molecule has 2 heterocycles. The highest BCUT2D eigenvalue weighted by atomic mass is 32.1. The lowest BCUT2D eigenvalue weighted by molar-refractivity contribution is -0.216. The summed E-state index contributed by atoms with van der Waals surface area (Å²) in [5, 5.41) is 7.07. The van der Waals surface area contributed by atoms with Gasteiger partial charge in [-0.25, -0.2) is 0 Å². The summed E-state index contributed by atoms with van der Waals surface area (Å²) in [5.41, 5.74) is -2.29. The highest BCUT2D eigenvalue weighted by molar-refractivity contribution is 7.10. The van der Waals surface area contributed by atoms with E-state index in [0.717, 1.165) is 4.88 Å². The van der Waals surface area contributed by atoms with Crippen molar-refractivity contribution < 1.29 is 18.0 Å². The van der Waals surface area contributed by atoms with Crippen LogP contribution < -0.4 is 10.6 Å². The molecule has 2 unspecified atom stereocenters. The van der Waals surface area contributed by atoms with E-state index >= 15 is 0 Å². The third-order valence-corrected chi connectivity index (χ3v) is 4.72. The maximum Gasteiger partial charge on any atom is 0.404 e. The lowest BCUT2D eigenvalue weighted by Gasteiger charge is -2.31. The number of hydrogen-bond donors (Lipinski definition) is 2. The number of halogens is 3. The predicted molar refractivity (Wildman–Crippen MR) is 71.5 cm³/mol. The van der Waals surface area contributed by atoms with Crippen LogP contribution in [0.3, 0.4) is 0 Å². The van der Waals surface area contributed by atoms with E-state index in [2.05, 4.69) is 10.6 Å². The van der Waals surface area contributed by atoms with Gasteiger partial charge in [-0.1, -0.05) is 13.0 Å². The van der Waals surface area contributed by atoms with Crippen molar-refractivity contribution in [1.29, 1.82) is 0 Å². The van der Waals surface area contributed by atoms with Crippen LogP contribution in [0, 0.1) is 5.41 Å². The third-order valence-electron chi connectivity index (χ3n) is 3.73. The normalized spacial score (nSPS) is 24.6.